The maximum Gasteiger partial charge on any atom is 0.237 e. The van der Waals surface area contributed by atoms with E-state index in [1.165, 1.54) is 42.1 Å². The summed E-state index contributed by atoms with van der Waals surface area (Å²) in [5.41, 5.74) is 1.46. The third-order valence-electron chi connectivity index (χ3n) is 4.56. The summed E-state index contributed by atoms with van der Waals surface area (Å²) in [5.74, 6) is -1.41. The number of hydrogen-bond donors (Lipinski definition) is 2. The Morgan fingerprint density at radius 1 is 1.24 bits per heavy atom. The average molecular weight is 437 g/mol. The summed E-state index contributed by atoms with van der Waals surface area (Å²) in [6.07, 6.45) is 0.438. The van der Waals surface area contributed by atoms with Crippen molar-refractivity contribution in [2.45, 2.75) is 41.7 Å². The fourth-order valence-corrected chi connectivity index (χ4v) is 5.20. The number of anilines is 2. The van der Waals surface area contributed by atoms with Gasteiger partial charge in [0, 0.05) is 17.0 Å². The van der Waals surface area contributed by atoms with Crippen LogP contribution in [0.3, 0.4) is 0 Å². The SMILES string of the molecule is CCC1Sc2ccc(S(=O)(=O)CCC(=O)Nc3ccc(F)cc3C)cc2NC1=O. The van der Waals surface area contributed by atoms with E-state index in [1.54, 1.807) is 13.0 Å². The van der Waals surface area contributed by atoms with E-state index in [2.05, 4.69) is 10.6 Å². The van der Waals surface area contributed by atoms with Gasteiger partial charge in [-0.3, -0.25) is 9.59 Å². The highest BCUT2D eigenvalue weighted by Crippen LogP contribution is 2.38. The van der Waals surface area contributed by atoms with Gasteiger partial charge in [-0.15, -0.1) is 11.8 Å². The molecule has 2 amide bonds. The summed E-state index contributed by atoms with van der Waals surface area (Å²) in [4.78, 5) is 25.0. The van der Waals surface area contributed by atoms with Crippen LogP contribution in [0, 0.1) is 12.7 Å². The molecule has 0 aliphatic carbocycles. The topological polar surface area (TPSA) is 92.3 Å². The second kappa shape index (κ2) is 8.54. The van der Waals surface area contributed by atoms with Gasteiger partial charge in [-0.25, -0.2) is 12.8 Å². The van der Waals surface area contributed by atoms with Crippen LogP contribution in [0.25, 0.3) is 0 Å². The van der Waals surface area contributed by atoms with E-state index in [0.29, 0.717) is 23.4 Å². The van der Waals surface area contributed by atoms with Crippen molar-refractivity contribution in [1.29, 1.82) is 0 Å². The van der Waals surface area contributed by atoms with Crippen molar-refractivity contribution in [3.8, 4) is 0 Å². The van der Waals surface area contributed by atoms with Crippen molar-refractivity contribution in [2.24, 2.45) is 0 Å². The Kier molecular flexibility index (Phi) is 6.28. The molecule has 2 N–H and O–H groups in total. The van der Waals surface area contributed by atoms with Crippen LogP contribution in [0.4, 0.5) is 15.8 Å². The maximum absolute atomic E-state index is 13.1. The Bertz CT molecular complexity index is 1070. The number of amides is 2. The number of sulfone groups is 1. The molecule has 2 aromatic rings. The van der Waals surface area contributed by atoms with Crippen LogP contribution in [-0.2, 0) is 19.4 Å². The highest BCUT2D eigenvalue weighted by molar-refractivity contribution is 8.01. The van der Waals surface area contributed by atoms with Gasteiger partial charge < -0.3 is 10.6 Å². The van der Waals surface area contributed by atoms with Gasteiger partial charge in [0.15, 0.2) is 9.84 Å². The number of halogens is 1. The molecule has 2 aromatic carbocycles. The Labute approximate surface area is 173 Å². The lowest BCUT2D eigenvalue weighted by molar-refractivity contribution is -0.116. The molecule has 1 aliphatic rings. The van der Waals surface area contributed by atoms with Crippen molar-refractivity contribution < 1.29 is 22.4 Å². The maximum atomic E-state index is 13.1. The number of hydrogen-bond acceptors (Lipinski definition) is 5. The first-order valence-corrected chi connectivity index (χ1v) is 11.6. The zero-order valence-corrected chi connectivity index (χ0v) is 17.6. The predicted molar refractivity (Wildman–Crippen MR) is 111 cm³/mol. The quantitative estimate of drug-likeness (QED) is 0.719. The summed E-state index contributed by atoms with van der Waals surface area (Å²) < 4.78 is 38.4. The molecule has 1 unspecified atom stereocenters. The lowest BCUT2D eigenvalue weighted by Gasteiger charge is -2.23. The van der Waals surface area contributed by atoms with E-state index in [1.807, 2.05) is 6.92 Å². The second-order valence-electron chi connectivity index (χ2n) is 6.74. The first-order valence-electron chi connectivity index (χ1n) is 9.10. The molecule has 1 heterocycles. The number of aryl methyl sites for hydroxylation is 1. The molecule has 9 heteroatoms. The van der Waals surface area contributed by atoms with Crippen molar-refractivity contribution in [3.05, 3.63) is 47.8 Å². The lowest BCUT2D eigenvalue weighted by Crippen LogP contribution is -2.28. The van der Waals surface area contributed by atoms with Crippen molar-refractivity contribution >= 4 is 44.8 Å². The molecule has 1 aliphatic heterocycles. The Morgan fingerprint density at radius 2 is 2.00 bits per heavy atom. The molecule has 3 rings (SSSR count). The number of carbonyl (C=O) groups is 2. The largest absolute Gasteiger partial charge is 0.326 e. The monoisotopic (exact) mass is 436 g/mol. The van der Waals surface area contributed by atoms with E-state index in [0.717, 1.165) is 4.90 Å². The number of fused-ring (bicyclic) bond motifs is 1. The number of thioether (sulfide) groups is 1. The van der Waals surface area contributed by atoms with Crippen LogP contribution >= 0.6 is 11.8 Å². The van der Waals surface area contributed by atoms with Gasteiger partial charge in [0.1, 0.15) is 5.82 Å². The molecule has 29 heavy (non-hydrogen) atoms. The third-order valence-corrected chi connectivity index (χ3v) is 7.72. The molecule has 0 saturated carbocycles. The van der Waals surface area contributed by atoms with Crippen molar-refractivity contribution in [2.75, 3.05) is 16.4 Å². The number of benzene rings is 2. The summed E-state index contributed by atoms with van der Waals surface area (Å²) >= 11 is 1.41. The summed E-state index contributed by atoms with van der Waals surface area (Å²) in [7, 11) is -3.72. The average Bonchev–Trinajstić information content (AvgIpc) is 2.67. The van der Waals surface area contributed by atoms with Crippen LogP contribution < -0.4 is 10.6 Å². The summed E-state index contributed by atoms with van der Waals surface area (Å²) in [6, 6.07) is 8.55. The highest BCUT2D eigenvalue weighted by atomic mass is 32.2. The summed E-state index contributed by atoms with van der Waals surface area (Å²) in [6.45, 7) is 3.57. The molecule has 1 atom stereocenters. The third kappa shape index (κ3) is 4.97. The molecule has 0 saturated heterocycles. The Morgan fingerprint density at radius 3 is 2.69 bits per heavy atom. The van der Waals surface area contributed by atoms with Crippen molar-refractivity contribution in [3.63, 3.8) is 0 Å². The zero-order valence-electron chi connectivity index (χ0n) is 16.0. The van der Waals surface area contributed by atoms with E-state index in [-0.39, 0.29) is 28.2 Å². The fourth-order valence-electron chi connectivity index (χ4n) is 2.92. The van der Waals surface area contributed by atoms with Crippen LogP contribution in [0.15, 0.2) is 46.2 Å². The van der Waals surface area contributed by atoms with Crippen LogP contribution in [0.5, 0.6) is 0 Å². The van der Waals surface area contributed by atoms with Crippen LogP contribution in [0.2, 0.25) is 0 Å². The van der Waals surface area contributed by atoms with E-state index in [4.69, 9.17) is 0 Å². The number of carbonyl (C=O) groups excluding carboxylic acids is 2. The standard InChI is InChI=1S/C20H21FN2O4S2/c1-3-17-20(25)23-16-11-14(5-7-18(16)28-17)29(26,27)9-8-19(24)22-15-6-4-13(21)10-12(15)2/h4-7,10-11,17H,3,8-9H2,1-2H3,(H,22,24)(H,23,25). The predicted octanol–water partition coefficient (Wildman–Crippen LogP) is 3.76. The van der Waals surface area contributed by atoms with Gasteiger partial charge in [0.05, 0.1) is 21.6 Å². The molecule has 0 fully saturated rings. The molecule has 154 valence electrons. The Balaban J connectivity index is 1.67. The Hall–Kier alpha value is -2.39. The van der Waals surface area contributed by atoms with Gasteiger partial charge in [-0.1, -0.05) is 6.92 Å². The van der Waals surface area contributed by atoms with Gasteiger partial charge >= 0.3 is 0 Å². The first-order chi connectivity index (χ1) is 13.7. The van der Waals surface area contributed by atoms with Gasteiger partial charge in [-0.05, 0) is 55.3 Å². The lowest BCUT2D eigenvalue weighted by atomic mass is 10.2. The number of rotatable bonds is 6. The fraction of sp³-hybridized carbons (Fsp3) is 0.300. The molecular formula is C20H21FN2O4S2. The normalized spacial score (nSPS) is 16.1. The van der Waals surface area contributed by atoms with Gasteiger partial charge in [0.2, 0.25) is 11.8 Å². The molecule has 0 spiro atoms. The molecule has 0 bridgehead atoms. The number of nitrogens with one attached hydrogen (secondary N) is 2. The minimum atomic E-state index is -3.72. The zero-order chi connectivity index (χ0) is 21.2. The minimum absolute atomic E-state index is 0.0536. The van der Waals surface area contributed by atoms with Crippen LogP contribution in [-0.4, -0.2) is 31.2 Å². The van der Waals surface area contributed by atoms with E-state index >= 15 is 0 Å². The highest BCUT2D eigenvalue weighted by Gasteiger charge is 2.27. The van der Waals surface area contributed by atoms with E-state index < -0.39 is 21.6 Å². The first kappa shape index (κ1) is 21.3. The van der Waals surface area contributed by atoms with E-state index in [9.17, 15) is 22.4 Å². The smallest absolute Gasteiger partial charge is 0.237 e. The molecular weight excluding hydrogens is 415 g/mol. The minimum Gasteiger partial charge on any atom is -0.326 e. The van der Waals surface area contributed by atoms with Gasteiger partial charge in [-0.2, -0.15) is 0 Å². The van der Waals surface area contributed by atoms with Crippen LogP contribution in [0.1, 0.15) is 25.3 Å². The van der Waals surface area contributed by atoms with Gasteiger partial charge in [0.25, 0.3) is 0 Å². The molecule has 0 aromatic heterocycles. The molecule has 6 nitrogen and oxygen atoms in total. The second-order valence-corrected chi connectivity index (χ2v) is 10.1. The molecule has 0 radical (unpaired) electrons. The summed E-state index contributed by atoms with van der Waals surface area (Å²) in [5, 5.41) is 5.15. The van der Waals surface area contributed by atoms with Crippen molar-refractivity contribution in [1.82, 2.24) is 0 Å².